The molecular formula is C18H31Cl2N3O. The molecule has 2 atom stereocenters. The lowest BCUT2D eigenvalue weighted by molar-refractivity contribution is -0.128. The van der Waals surface area contributed by atoms with Crippen molar-refractivity contribution >= 4 is 30.7 Å². The van der Waals surface area contributed by atoms with Gasteiger partial charge in [0.2, 0.25) is 5.91 Å². The maximum absolute atomic E-state index is 12.5. The van der Waals surface area contributed by atoms with Gasteiger partial charge in [0, 0.05) is 19.1 Å². The summed E-state index contributed by atoms with van der Waals surface area (Å²) in [6, 6.07) is 10.8. The normalized spacial score (nSPS) is 18.8. The Hall–Kier alpha value is -0.810. The predicted octanol–water partition coefficient (Wildman–Crippen LogP) is 3.00. The fraction of sp³-hybridized carbons (Fsp3) is 0.611. The van der Waals surface area contributed by atoms with Gasteiger partial charge in [0.15, 0.2) is 0 Å². The molecule has 4 nitrogen and oxygen atoms in total. The van der Waals surface area contributed by atoms with Crippen LogP contribution in [0.3, 0.4) is 0 Å². The minimum atomic E-state index is 0. The molecule has 1 fully saturated rings. The molecule has 1 aliphatic heterocycles. The zero-order chi connectivity index (χ0) is 15.8. The summed E-state index contributed by atoms with van der Waals surface area (Å²) in [4.78, 5) is 14.9. The van der Waals surface area contributed by atoms with E-state index in [0.717, 1.165) is 32.5 Å². The van der Waals surface area contributed by atoms with Crippen molar-refractivity contribution in [2.45, 2.75) is 51.7 Å². The Kier molecular flexibility index (Phi) is 12.1. The number of likely N-dealkylation sites (tertiary alicyclic amines) is 1. The number of rotatable bonds is 7. The lowest BCUT2D eigenvalue weighted by Crippen LogP contribution is -2.51. The van der Waals surface area contributed by atoms with Gasteiger partial charge >= 0.3 is 0 Å². The van der Waals surface area contributed by atoms with Crippen LogP contribution in [-0.2, 0) is 11.3 Å². The number of amides is 1. The van der Waals surface area contributed by atoms with Gasteiger partial charge in [-0.05, 0) is 38.4 Å². The molecular weight excluding hydrogens is 345 g/mol. The highest BCUT2D eigenvalue weighted by molar-refractivity contribution is 5.85. The molecule has 24 heavy (non-hydrogen) atoms. The number of hydrogen-bond acceptors (Lipinski definition) is 3. The minimum absolute atomic E-state index is 0. The van der Waals surface area contributed by atoms with E-state index >= 15 is 0 Å². The van der Waals surface area contributed by atoms with Crippen molar-refractivity contribution in [3.63, 3.8) is 0 Å². The molecule has 0 radical (unpaired) electrons. The molecule has 2 N–H and O–H groups in total. The molecule has 1 amide bonds. The predicted molar refractivity (Wildman–Crippen MR) is 105 cm³/mol. The first-order valence-electron chi connectivity index (χ1n) is 8.49. The van der Waals surface area contributed by atoms with Gasteiger partial charge in [-0.15, -0.1) is 24.8 Å². The number of likely N-dealkylation sites (N-methyl/N-ethyl adjacent to an activating group) is 1. The molecule has 1 saturated heterocycles. The van der Waals surface area contributed by atoms with Crippen molar-refractivity contribution in [1.82, 2.24) is 15.5 Å². The summed E-state index contributed by atoms with van der Waals surface area (Å²) in [5.41, 5.74) is 1.28. The first-order valence-corrected chi connectivity index (χ1v) is 8.49. The van der Waals surface area contributed by atoms with Gasteiger partial charge in [0.05, 0.1) is 6.04 Å². The van der Waals surface area contributed by atoms with Crippen LogP contribution in [0.1, 0.15) is 38.7 Å². The number of hydrogen-bond donors (Lipinski definition) is 2. The Morgan fingerprint density at radius 3 is 2.62 bits per heavy atom. The maximum atomic E-state index is 12.5. The Morgan fingerprint density at radius 2 is 1.96 bits per heavy atom. The van der Waals surface area contributed by atoms with E-state index in [1.165, 1.54) is 12.0 Å². The van der Waals surface area contributed by atoms with Crippen LogP contribution in [0.4, 0.5) is 0 Å². The molecule has 1 heterocycles. The number of halogens is 2. The standard InChI is InChI=1S/C18H29N3O.2ClH/c1-3-19-15(2)13-20-18(22)17-11-7-8-12-21(17)14-16-9-5-4-6-10-16;;/h4-6,9-10,15,17,19H,3,7-8,11-14H2,1-2H3,(H,20,22);2*1H/t15-,17?;;/m1../s1. The first kappa shape index (κ1) is 23.2. The molecule has 1 aliphatic rings. The second-order valence-corrected chi connectivity index (χ2v) is 6.17. The van der Waals surface area contributed by atoms with Gasteiger partial charge in [-0.2, -0.15) is 0 Å². The van der Waals surface area contributed by atoms with Gasteiger partial charge in [0.25, 0.3) is 0 Å². The zero-order valence-corrected chi connectivity index (χ0v) is 16.3. The first-order chi connectivity index (χ1) is 10.7. The molecule has 1 aromatic rings. The summed E-state index contributed by atoms with van der Waals surface area (Å²) in [6.45, 7) is 7.69. The van der Waals surface area contributed by atoms with Crippen molar-refractivity contribution in [3.05, 3.63) is 35.9 Å². The number of carbonyl (C=O) groups excluding carboxylic acids is 1. The van der Waals surface area contributed by atoms with Crippen LogP contribution in [0.5, 0.6) is 0 Å². The Labute approximate surface area is 158 Å². The van der Waals surface area contributed by atoms with Crippen LogP contribution in [0.15, 0.2) is 30.3 Å². The zero-order valence-electron chi connectivity index (χ0n) is 14.7. The van der Waals surface area contributed by atoms with E-state index < -0.39 is 0 Å². The summed E-state index contributed by atoms with van der Waals surface area (Å²) in [5, 5.41) is 6.44. The number of benzene rings is 1. The van der Waals surface area contributed by atoms with Crippen LogP contribution in [0.25, 0.3) is 0 Å². The Morgan fingerprint density at radius 1 is 1.25 bits per heavy atom. The van der Waals surface area contributed by atoms with E-state index in [-0.39, 0.29) is 36.8 Å². The molecule has 138 valence electrons. The quantitative estimate of drug-likeness (QED) is 0.769. The van der Waals surface area contributed by atoms with Gasteiger partial charge in [-0.25, -0.2) is 0 Å². The molecule has 2 rings (SSSR count). The van der Waals surface area contributed by atoms with Crippen LogP contribution < -0.4 is 10.6 Å². The lowest BCUT2D eigenvalue weighted by atomic mass is 10.0. The Bertz CT molecular complexity index is 459. The molecule has 0 saturated carbocycles. The van der Waals surface area contributed by atoms with E-state index in [1.54, 1.807) is 0 Å². The molecule has 1 aromatic carbocycles. The second kappa shape index (κ2) is 12.5. The average Bonchev–Trinajstić information content (AvgIpc) is 2.54. The third-order valence-corrected chi connectivity index (χ3v) is 4.28. The highest BCUT2D eigenvalue weighted by Crippen LogP contribution is 2.19. The summed E-state index contributed by atoms with van der Waals surface area (Å²) in [7, 11) is 0. The molecule has 1 unspecified atom stereocenters. The second-order valence-electron chi connectivity index (χ2n) is 6.17. The van der Waals surface area contributed by atoms with E-state index in [1.807, 2.05) is 6.07 Å². The van der Waals surface area contributed by atoms with E-state index in [4.69, 9.17) is 0 Å². The summed E-state index contributed by atoms with van der Waals surface area (Å²) >= 11 is 0. The van der Waals surface area contributed by atoms with Crippen molar-refractivity contribution in [1.29, 1.82) is 0 Å². The fourth-order valence-corrected chi connectivity index (χ4v) is 3.09. The largest absolute Gasteiger partial charge is 0.353 e. The minimum Gasteiger partial charge on any atom is -0.353 e. The average molecular weight is 376 g/mol. The molecule has 6 heteroatoms. The third-order valence-electron chi connectivity index (χ3n) is 4.28. The smallest absolute Gasteiger partial charge is 0.237 e. The van der Waals surface area contributed by atoms with Crippen molar-refractivity contribution in [2.75, 3.05) is 19.6 Å². The third kappa shape index (κ3) is 7.39. The lowest BCUT2D eigenvalue weighted by Gasteiger charge is -2.35. The van der Waals surface area contributed by atoms with Crippen LogP contribution >= 0.6 is 24.8 Å². The summed E-state index contributed by atoms with van der Waals surface area (Å²) in [6.07, 6.45) is 3.30. The highest BCUT2D eigenvalue weighted by Gasteiger charge is 2.28. The number of nitrogens with zero attached hydrogens (tertiary/aromatic N) is 1. The van der Waals surface area contributed by atoms with Gasteiger partial charge in [-0.1, -0.05) is 43.7 Å². The summed E-state index contributed by atoms with van der Waals surface area (Å²) < 4.78 is 0. The van der Waals surface area contributed by atoms with Crippen molar-refractivity contribution < 1.29 is 4.79 Å². The van der Waals surface area contributed by atoms with Gasteiger partial charge < -0.3 is 10.6 Å². The number of carbonyl (C=O) groups is 1. The molecule has 0 aromatic heterocycles. The van der Waals surface area contributed by atoms with Crippen molar-refractivity contribution in [3.8, 4) is 0 Å². The molecule has 0 aliphatic carbocycles. The van der Waals surface area contributed by atoms with E-state index in [2.05, 4.69) is 53.6 Å². The Balaban J connectivity index is 0.00000264. The summed E-state index contributed by atoms with van der Waals surface area (Å²) in [5.74, 6) is 0.181. The topological polar surface area (TPSA) is 44.4 Å². The molecule has 0 spiro atoms. The van der Waals surface area contributed by atoms with Gasteiger partial charge in [0.1, 0.15) is 0 Å². The fourth-order valence-electron chi connectivity index (χ4n) is 3.09. The monoisotopic (exact) mass is 375 g/mol. The molecule has 0 bridgehead atoms. The highest BCUT2D eigenvalue weighted by atomic mass is 35.5. The maximum Gasteiger partial charge on any atom is 0.237 e. The van der Waals surface area contributed by atoms with E-state index in [0.29, 0.717) is 12.6 Å². The number of piperidine rings is 1. The van der Waals surface area contributed by atoms with Crippen LogP contribution in [0.2, 0.25) is 0 Å². The van der Waals surface area contributed by atoms with Crippen LogP contribution in [0, 0.1) is 0 Å². The SMILES string of the molecule is CCN[C@H](C)CNC(=O)C1CCCCN1Cc1ccccc1.Cl.Cl. The number of nitrogens with one attached hydrogen (secondary N) is 2. The van der Waals surface area contributed by atoms with Crippen LogP contribution in [-0.4, -0.2) is 42.5 Å². The van der Waals surface area contributed by atoms with Gasteiger partial charge in [-0.3, -0.25) is 9.69 Å². The van der Waals surface area contributed by atoms with E-state index in [9.17, 15) is 4.79 Å². The van der Waals surface area contributed by atoms with Crippen molar-refractivity contribution in [2.24, 2.45) is 0 Å².